The van der Waals surface area contributed by atoms with Crippen molar-refractivity contribution in [2.45, 2.75) is 122 Å². The van der Waals surface area contributed by atoms with E-state index < -0.39 is 54.0 Å². The van der Waals surface area contributed by atoms with Gasteiger partial charge in [0, 0.05) is 25.5 Å². The average Bonchev–Trinajstić information content (AvgIpc) is 3.40. The van der Waals surface area contributed by atoms with Crippen LogP contribution in [0.4, 0.5) is 0 Å². The lowest BCUT2D eigenvalue weighted by Gasteiger charge is -2.36. The maximum atomic E-state index is 13.7. The fourth-order valence-electron chi connectivity index (χ4n) is 5.00. The largest absolute Gasteiger partial charge is 0.480 e. The monoisotopic (exact) mass is 574 g/mol. The van der Waals surface area contributed by atoms with Gasteiger partial charge >= 0.3 is 5.97 Å². The van der Waals surface area contributed by atoms with Crippen LogP contribution in [0.3, 0.4) is 0 Å². The zero-order valence-electron chi connectivity index (χ0n) is 24.4. The van der Waals surface area contributed by atoms with Gasteiger partial charge in [0.15, 0.2) is 0 Å². The van der Waals surface area contributed by atoms with Gasteiger partial charge < -0.3 is 31.1 Å². The Morgan fingerprint density at radius 2 is 1.72 bits per heavy atom. The molecule has 5 N–H and O–H groups in total. The predicted octanol–water partition coefficient (Wildman–Crippen LogP) is 2.73. The molecule has 0 aromatic rings. The standard InChI is InChI=1S/C28H51ClN4O6/c1-6-19(4)23(31-25(35)24(34)20(30)13-10-8-7-9-11-15-29)27(37)32(5)22(17-18(2)3)26(36)33-16-12-14-21(33)28(38)39/h18-24,34H,6-17,30H2,1-5H3,(H,31,35)(H,38,39)/t19-,20-,21+,22+,23-,24-/m0/s1. The second-order valence-electron chi connectivity index (χ2n) is 11.3. The lowest BCUT2D eigenvalue weighted by atomic mass is 9.94. The number of carbonyl (C=O) groups is 4. The zero-order valence-corrected chi connectivity index (χ0v) is 25.2. The van der Waals surface area contributed by atoms with Gasteiger partial charge in [0.2, 0.25) is 11.8 Å². The molecule has 39 heavy (non-hydrogen) atoms. The summed E-state index contributed by atoms with van der Waals surface area (Å²) < 4.78 is 0. The Morgan fingerprint density at radius 1 is 1.10 bits per heavy atom. The maximum Gasteiger partial charge on any atom is 0.326 e. The highest BCUT2D eigenvalue weighted by Crippen LogP contribution is 2.24. The number of nitrogens with one attached hydrogen (secondary N) is 1. The van der Waals surface area contributed by atoms with Gasteiger partial charge in [-0.1, -0.05) is 59.8 Å². The number of aliphatic carboxylic acids is 1. The quantitative estimate of drug-likeness (QED) is 0.145. The Morgan fingerprint density at radius 3 is 2.28 bits per heavy atom. The summed E-state index contributed by atoms with van der Waals surface area (Å²) in [6.45, 7) is 7.91. The molecular weight excluding hydrogens is 524 g/mol. The summed E-state index contributed by atoms with van der Waals surface area (Å²) >= 11 is 5.69. The van der Waals surface area contributed by atoms with Crippen molar-refractivity contribution in [2.75, 3.05) is 19.5 Å². The van der Waals surface area contributed by atoms with E-state index in [0.717, 1.165) is 32.1 Å². The van der Waals surface area contributed by atoms with Gasteiger partial charge in [-0.25, -0.2) is 4.79 Å². The predicted molar refractivity (Wildman–Crippen MR) is 152 cm³/mol. The van der Waals surface area contributed by atoms with E-state index in [1.807, 2.05) is 27.7 Å². The number of nitrogens with zero attached hydrogens (tertiary/aromatic N) is 2. The first-order valence-corrected chi connectivity index (χ1v) is 15.0. The van der Waals surface area contributed by atoms with E-state index in [2.05, 4.69) is 5.32 Å². The number of likely N-dealkylation sites (N-methyl/N-ethyl adjacent to an activating group) is 1. The Kier molecular flexibility index (Phi) is 15.9. The van der Waals surface area contributed by atoms with Gasteiger partial charge in [0.25, 0.3) is 5.91 Å². The van der Waals surface area contributed by atoms with Crippen LogP contribution in [0.15, 0.2) is 0 Å². The number of halogens is 1. The topological polar surface area (TPSA) is 153 Å². The molecule has 0 aliphatic carbocycles. The van der Waals surface area contributed by atoms with Crippen molar-refractivity contribution < 1.29 is 29.4 Å². The average molecular weight is 575 g/mol. The molecule has 0 saturated carbocycles. The lowest BCUT2D eigenvalue weighted by molar-refractivity contribution is -0.153. The van der Waals surface area contributed by atoms with Crippen molar-refractivity contribution in [3.05, 3.63) is 0 Å². The number of carboxylic acids is 1. The number of alkyl halides is 1. The second-order valence-corrected chi connectivity index (χ2v) is 11.7. The molecule has 1 heterocycles. The first-order chi connectivity index (χ1) is 18.4. The summed E-state index contributed by atoms with van der Waals surface area (Å²) in [6.07, 6.45) is 5.61. The molecular formula is C28H51ClN4O6. The van der Waals surface area contributed by atoms with Gasteiger partial charge in [-0.05, 0) is 43.9 Å². The van der Waals surface area contributed by atoms with Crippen molar-refractivity contribution in [1.29, 1.82) is 0 Å². The van der Waals surface area contributed by atoms with E-state index in [4.69, 9.17) is 17.3 Å². The molecule has 3 amide bonds. The summed E-state index contributed by atoms with van der Waals surface area (Å²) in [6, 6.07) is -3.51. The summed E-state index contributed by atoms with van der Waals surface area (Å²) in [7, 11) is 1.52. The third-order valence-corrected chi connectivity index (χ3v) is 8.01. The number of hydrogen-bond acceptors (Lipinski definition) is 6. The molecule has 1 rings (SSSR count). The molecule has 226 valence electrons. The Labute approximate surface area is 239 Å². The maximum absolute atomic E-state index is 13.7. The number of unbranched alkanes of at least 4 members (excludes halogenated alkanes) is 4. The fraction of sp³-hybridized carbons (Fsp3) is 0.857. The van der Waals surface area contributed by atoms with Crippen LogP contribution in [0.1, 0.15) is 91.9 Å². The normalized spacial score (nSPS) is 19.3. The van der Waals surface area contributed by atoms with Gasteiger partial charge in [0.05, 0.1) is 0 Å². The van der Waals surface area contributed by atoms with Crippen LogP contribution in [0.5, 0.6) is 0 Å². The number of carboxylic acid groups (broad SMARTS) is 1. The second kappa shape index (κ2) is 17.7. The van der Waals surface area contributed by atoms with Gasteiger partial charge in [-0.2, -0.15) is 0 Å². The van der Waals surface area contributed by atoms with Crippen LogP contribution in [-0.4, -0.2) is 93.4 Å². The molecule has 0 unspecified atom stereocenters. The number of hydrogen-bond donors (Lipinski definition) is 4. The Balaban J connectivity index is 2.97. The number of rotatable bonds is 18. The van der Waals surface area contributed by atoms with Crippen LogP contribution in [-0.2, 0) is 19.2 Å². The zero-order chi connectivity index (χ0) is 29.7. The van der Waals surface area contributed by atoms with Gasteiger partial charge in [-0.3, -0.25) is 14.4 Å². The Hall–Kier alpha value is -1.91. The molecule has 6 atom stereocenters. The number of nitrogens with two attached hydrogens (primary N) is 1. The number of likely N-dealkylation sites (tertiary alicyclic amines) is 1. The van der Waals surface area contributed by atoms with E-state index >= 15 is 0 Å². The summed E-state index contributed by atoms with van der Waals surface area (Å²) in [5.74, 6) is -2.20. The molecule has 11 heteroatoms. The molecule has 1 fully saturated rings. The first kappa shape index (κ1) is 35.1. The summed E-state index contributed by atoms with van der Waals surface area (Å²) in [5, 5.41) is 22.9. The van der Waals surface area contributed by atoms with Crippen LogP contribution in [0.25, 0.3) is 0 Å². The van der Waals surface area contributed by atoms with Crippen LogP contribution in [0, 0.1) is 11.8 Å². The number of carbonyl (C=O) groups excluding carboxylic acids is 3. The summed E-state index contributed by atoms with van der Waals surface area (Å²) in [5.41, 5.74) is 6.10. The van der Waals surface area contributed by atoms with Crippen molar-refractivity contribution in [3.8, 4) is 0 Å². The molecule has 0 bridgehead atoms. The molecule has 0 radical (unpaired) electrons. The minimum absolute atomic E-state index is 0.0616. The third-order valence-electron chi connectivity index (χ3n) is 7.74. The van der Waals surface area contributed by atoms with Crippen molar-refractivity contribution >= 4 is 35.3 Å². The van der Waals surface area contributed by atoms with E-state index in [0.29, 0.717) is 44.5 Å². The van der Waals surface area contributed by atoms with E-state index in [1.165, 1.54) is 16.8 Å². The molecule has 1 saturated heterocycles. The molecule has 10 nitrogen and oxygen atoms in total. The smallest absolute Gasteiger partial charge is 0.326 e. The summed E-state index contributed by atoms with van der Waals surface area (Å²) in [4.78, 5) is 54.6. The van der Waals surface area contributed by atoms with Crippen LogP contribution in [0.2, 0.25) is 0 Å². The molecule has 1 aliphatic rings. The van der Waals surface area contributed by atoms with Gasteiger partial charge in [-0.15, -0.1) is 11.6 Å². The molecule has 0 aromatic heterocycles. The SMILES string of the molecule is CC[C@H](C)[C@H](NC(=O)[C@@H](O)[C@@H](N)CCCCCCCCl)C(=O)N(C)[C@H](CC(C)C)C(=O)N1CCC[C@@H]1C(=O)O. The highest BCUT2D eigenvalue weighted by atomic mass is 35.5. The lowest BCUT2D eigenvalue weighted by Crippen LogP contribution is -2.59. The Bertz CT molecular complexity index is 798. The molecule has 0 aromatic carbocycles. The highest BCUT2D eigenvalue weighted by Gasteiger charge is 2.41. The number of amides is 3. The highest BCUT2D eigenvalue weighted by molar-refractivity contribution is 6.17. The minimum atomic E-state index is -1.47. The molecule has 0 spiro atoms. The number of aliphatic hydroxyl groups excluding tert-OH is 1. The van der Waals surface area contributed by atoms with Crippen molar-refractivity contribution in [1.82, 2.24) is 15.1 Å². The van der Waals surface area contributed by atoms with Crippen LogP contribution < -0.4 is 11.1 Å². The molecule has 1 aliphatic heterocycles. The van der Waals surface area contributed by atoms with Gasteiger partial charge in [0.1, 0.15) is 24.2 Å². The number of aliphatic hydroxyl groups is 1. The first-order valence-electron chi connectivity index (χ1n) is 14.5. The van der Waals surface area contributed by atoms with E-state index in [9.17, 15) is 29.4 Å². The fourth-order valence-corrected chi connectivity index (χ4v) is 5.19. The third kappa shape index (κ3) is 10.9. The minimum Gasteiger partial charge on any atom is -0.480 e. The van der Waals surface area contributed by atoms with E-state index in [-0.39, 0.29) is 11.8 Å². The van der Waals surface area contributed by atoms with Crippen molar-refractivity contribution in [2.24, 2.45) is 17.6 Å². The van der Waals surface area contributed by atoms with E-state index in [1.54, 1.807) is 0 Å². The van der Waals surface area contributed by atoms with Crippen LogP contribution >= 0.6 is 11.6 Å². The van der Waals surface area contributed by atoms with Crippen molar-refractivity contribution in [3.63, 3.8) is 0 Å².